The molecule has 2 aliphatic heterocycles. The Morgan fingerprint density at radius 3 is 2.66 bits per heavy atom. The summed E-state index contributed by atoms with van der Waals surface area (Å²) in [5, 5.41) is 13.5. The summed E-state index contributed by atoms with van der Waals surface area (Å²) >= 11 is 0. The van der Waals surface area contributed by atoms with Crippen LogP contribution in [0.5, 0.6) is 0 Å². The average Bonchev–Trinajstić information content (AvgIpc) is 3.48. The Balaban J connectivity index is 1.30. The van der Waals surface area contributed by atoms with Crippen LogP contribution in [0.15, 0.2) is 6.07 Å². The molecule has 0 N–H and O–H groups in total. The van der Waals surface area contributed by atoms with Gasteiger partial charge in [-0.1, -0.05) is 12.8 Å². The van der Waals surface area contributed by atoms with Crippen LogP contribution in [0.3, 0.4) is 0 Å². The quantitative estimate of drug-likeness (QED) is 0.793. The molecule has 0 aromatic carbocycles. The summed E-state index contributed by atoms with van der Waals surface area (Å²) in [6.07, 6.45) is 7.44. The van der Waals surface area contributed by atoms with Crippen LogP contribution in [0.25, 0.3) is 0 Å². The van der Waals surface area contributed by atoms with Gasteiger partial charge in [0.2, 0.25) is 0 Å². The molecule has 0 bridgehead atoms. The average molecular weight is 398 g/mol. The normalized spacial score (nSPS) is 23.5. The molecular formula is C21H31N7O. The van der Waals surface area contributed by atoms with E-state index < -0.39 is 0 Å². The molecule has 8 heteroatoms. The number of hydrogen-bond acceptors (Lipinski definition) is 5. The van der Waals surface area contributed by atoms with E-state index in [9.17, 15) is 4.79 Å². The number of aryl methyl sites for hydroxylation is 2. The van der Waals surface area contributed by atoms with Gasteiger partial charge < -0.3 is 9.47 Å². The van der Waals surface area contributed by atoms with Crippen LogP contribution in [0.2, 0.25) is 0 Å². The van der Waals surface area contributed by atoms with Crippen molar-refractivity contribution in [3.05, 3.63) is 29.1 Å². The Bertz CT molecular complexity index is 875. The van der Waals surface area contributed by atoms with Crippen molar-refractivity contribution in [1.82, 2.24) is 34.3 Å². The lowest BCUT2D eigenvalue weighted by Gasteiger charge is -2.35. The van der Waals surface area contributed by atoms with Gasteiger partial charge in [0, 0.05) is 50.9 Å². The van der Waals surface area contributed by atoms with Crippen LogP contribution >= 0.6 is 0 Å². The maximum Gasteiger partial charge on any atom is 0.274 e. The highest BCUT2D eigenvalue weighted by atomic mass is 16.2. The lowest BCUT2D eigenvalue weighted by Crippen LogP contribution is -2.42. The number of likely N-dealkylation sites (tertiary alicyclic amines) is 1. The van der Waals surface area contributed by atoms with Crippen LogP contribution in [-0.2, 0) is 20.1 Å². The second kappa shape index (κ2) is 7.55. The molecule has 0 spiro atoms. The van der Waals surface area contributed by atoms with Gasteiger partial charge in [0.25, 0.3) is 5.91 Å². The molecule has 8 nitrogen and oxygen atoms in total. The number of aromatic nitrogens is 5. The first-order valence-electron chi connectivity index (χ1n) is 11.1. The number of carbonyl (C=O) groups excluding carboxylic acids is 1. The van der Waals surface area contributed by atoms with Crippen molar-refractivity contribution in [2.75, 3.05) is 19.6 Å². The highest BCUT2D eigenvalue weighted by Crippen LogP contribution is 2.30. The molecule has 2 aromatic rings. The largest absolute Gasteiger partial charge is 0.337 e. The first-order chi connectivity index (χ1) is 14.1. The van der Waals surface area contributed by atoms with Gasteiger partial charge >= 0.3 is 0 Å². The Morgan fingerprint density at radius 2 is 1.90 bits per heavy atom. The highest BCUT2D eigenvalue weighted by molar-refractivity contribution is 5.92. The molecule has 1 saturated heterocycles. The van der Waals surface area contributed by atoms with Crippen LogP contribution in [-0.4, -0.2) is 65.9 Å². The minimum Gasteiger partial charge on any atom is -0.337 e. The van der Waals surface area contributed by atoms with Gasteiger partial charge in [-0.15, -0.1) is 10.2 Å². The summed E-state index contributed by atoms with van der Waals surface area (Å²) in [7, 11) is 1.88. The summed E-state index contributed by atoms with van der Waals surface area (Å²) in [5.41, 5.74) is 1.54. The second-order valence-corrected chi connectivity index (χ2v) is 8.92. The van der Waals surface area contributed by atoms with Crippen molar-refractivity contribution < 1.29 is 4.79 Å². The third kappa shape index (κ3) is 3.47. The lowest BCUT2D eigenvalue weighted by atomic mass is 9.96. The fourth-order valence-electron chi connectivity index (χ4n) is 5.28. The van der Waals surface area contributed by atoms with Gasteiger partial charge in [-0.05, 0) is 38.7 Å². The predicted molar refractivity (Wildman–Crippen MR) is 109 cm³/mol. The zero-order valence-electron chi connectivity index (χ0n) is 17.5. The van der Waals surface area contributed by atoms with Gasteiger partial charge in [-0.2, -0.15) is 5.10 Å². The lowest BCUT2D eigenvalue weighted by molar-refractivity contribution is 0.0695. The van der Waals surface area contributed by atoms with E-state index in [1.54, 1.807) is 4.68 Å². The first kappa shape index (κ1) is 18.8. The fraction of sp³-hybridized carbons (Fsp3) is 0.714. The minimum absolute atomic E-state index is 0.0317. The standard InChI is InChI=1S/C21H31N7O/c1-15-12-18(24-25(15)2)21(29)27-9-5-6-16(13-27)20-23-22-19-14-26(10-11-28(19)20)17-7-3-4-8-17/h12,16-17H,3-11,13-14H2,1-2H3. The van der Waals surface area contributed by atoms with Gasteiger partial charge in [0.05, 0.1) is 6.54 Å². The highest BCUT2D eigenvalue weighted by Gasteiger charge is 2.33. The molecule has 29 heavy (non-hydrogen) atoms. The molecule has 156 valence electrons. The van der Waals surface area contributed by atoms with Crippen molar-refractivity contribution in [2.45, 2.75) is 70.5 Å². The minimum atomic E-state index is 0.0317. The monoisotopic (exact) mass is 397 g/mol. The van der Waals surface area contributed by atoms with Gasteiger partial charge in [-0.3, -0.25) is 14.4 Å². The zero-order chi connectivity index (χ0) is 20.0. The van der Waals surface area contributed by atoms with E-state index in [-0.39, 0.29) is 11.8 Å². The van der Waals surface area contributed by atoms with E-state index in [0.717, 1.165) is 62.4 Å². The zero-order valence-corrected chi connectivity index (χ0v) is 17.5. The number of nitrogens with zero attached hydrogens (tertiary/aromatic N) is 7. The molecule has 1 unspecified atom stereocenters. The number of hydrogen-bond donors (Lipinski definition) is 0. The summed E-state index contributed by atoms with van der Waals surface area (Å²) < 4.78 is 4.09. The summed E-state index contributed by atoms with van der Waals surface area (Å²) in [5.74, 6) is 2.46. The van der Waals surface area contributed by atoms with Crippen molar-refractivity contribution in [3.8, 4) is 0 Å². The number of carbonyl (C=O) groups is 1. The predicted octanol–water partition coefficient (Wildman–Crippen LogP) is 2.10. The number of piperidine rings is 1. The summed E-state index contributed by atoms with van der Waals surface area (Å²) in [6, 6.07) is 2.61. The number of amides is 1. The smallest absolute Gasteiger partial charge is 0.274 e. The molecule has 0 radical (unpaired) electrons. The van der Waals surface area contributed by atoms with Gasteiger partial charge in [0.15, 0.2) is 5.69 Å². The third-order valence-electron chi connectivity index (χ3n) is 7.06. The van der Waals surface area contributed by atoms with E-state index in [1.807, 2.05) is 24.9 Å². The Morgan fingerprint density at radius 1 is 1.07 bits per heavy atom. The Hall–Kier alpha value is -2.22. The van der Waals surface area contributed by atoms with Gasteiger partial charge in [0.1, 0.15) is 11.6 Å². The molecule has 4 heterocycles. The Kier molecular flexibility index (Phi) is 4.89. The molecule has 1 aliphatic carbocycles. The third-order valence-corrected chi connectivity index (χ3v) is 7.06. The van der Waals surface area contributed by atoms with Crippen LogP contribution in [0.4, 0.5) is 0 Å². The summed E-state index contributed by atoms with van der Waals surface area (Å²) in [6.45, 7) is 6.45. The van der Waals surface area contributed by atoms with E-state index in [4.69, 9.17) is 0 Å². The van der Waals surface area contributed by atoms with E-state index >= 15 is 0 Å². The SMILES string of the molecule is Cc1cc(C(=O)N2CCCC(c3nnc4n3CCN(C3CCCC3)C4)C2)nn1C. The van der Waals surface area contributed by atoms with Crippen molar-refractivity contribution in [3.63, 3.8) is 0 Å². The van der Waals surface area contributed by atoms with Gasteiger partial charge in [-0.25, -0.2) is 0 Å². The second-order valence-electron chi connectivity index (χ2n) is 8.92. The van der Waals surface area contributed by atoms with E-state index in [1.165, 1.54) is 25.7 Å². The molecule has 1 saturated carbocycles. The van der Waals surface area contributed by atoms with E-state index in [2.05, 4.69) is 24.8 Å². The molecular weight excluding hydrogens is 366 g/mol. The fourth-order valence-corrected chi connectivity index (χ4v) is 5.28. The maximum atomic E-state index is 13.0. The molecule has 5 rings (SSSR count). The topological polar surface area (TPSA) is 72.1 Å². The number of rotatable bonds is 3. The number of fused-ring (bicyclic) bond motifs is 1. The van der Waals surface area contributed by atoms with Crippen LogP contribution in [0.1, 0.15) is 72.3 Å². The maximum absolute atomic E-state index is 13.0. The molecule has 1 amide bonds. The van der Waals surface area contributed by atoms with Crippen LogP contribution in [0, 0.1) is 6.92 Å². The summed E-state index contributed by atoms with van der Waals surface area (Å²) in [4.78, 5) is 17.5. The van der Waals surface area contributed by atoms with Crippen molar-refractivity contribution >= 4 is 5.91 Å². The Labute approximate surface area is 171 Å². The van der Waals surface area contributed by atoms with Crippen LogP contribution < -0.4 is 0 Å². The van der Waals surface area contributed by atoms with Crippen molar-refractivity contribution in [2.24, 2.45) is 7.05 Å². The molecule has 2 fully saturated rings. The molecule has 3 aliphatic rings. The first-order valence-corrected chi connectivity index (χ1v) is 11.1. The molecule has 1 atom stereocenters. The van der Waals surface area contributed by atoms with Crippen molar-refractivity contribution in [1.29, 1.82) is 0 Å². The van der Waals surface area contributed by atoms with E-state index in [0.29, 0.717) is 12.2 Å². The molecule has 2 aromatic heterocycles.